The van der Waals surface area contributed by atoms with Crippen molar-refractivity contribution in [2.24, 2.45) is 17.3 Å². The van der Waals surface area contributed by atoms with Gasteiger partial charge < -0.3 is 19.1 Å². The Kier molecular flexibility index (Phi) is 8.77. The van der Waals surface area contributed by atoms with E-state index >= 15 is 0 Å². The monoisotopic (exact) mass is 496 g/mol. The van der Waals surface area contributed by atoms with Gasteiger partial charge in [0.25, 0.3) is 0 Å². The van der Waals surface area contributed by atoms with E-state index in [0.29, 0.717) is 42.6 Å². The number of pyridine rings is 1. The summed E-state index contributed by atoms with van der Waals surface area (Å²) < 4.78 is 13.0. The van der Waals surface area contributed by atoms with Crippen LogP contribution in [0, 0.1) is 22.7 Å². The van der Waals surface area contributed by atoms with Crippen molar-refractivity contribution in [3.8, 4) is 0 Å². The van der Waals surface area contributed by atoms with Crippen LogP contribution in [0.2, 0.25) is 0 Å². The Labute approximate surface area is 214 Å². The van der Waals surface area contributed by atoms with E-state index in [9.17, 15) is 14.7 Å². The summed E-state index contributed by atoms with van der Waals surface area (Å²) in [7, 11) is 1.64. The lowest BCUT2D eigenvalue weighted by Gasteiger charge is -2.36. The number of carboxylic acid groups (broad SMARTS) is 1. The molecule has 0 aliphatic heterocycles. The summed E-state index contributed by atoms with van der Waals surface area (Å²) in [5, 5.41) is 18.7. The van der Waals surface area contributed by atoms with Crippen LogP contribution in [0.15, 0.2) is 46.6 Å². The van der Waals surface area contributed by atoms with Gasteiger partial charge in [-0.1, -0.05) is 46.8 Å². The van der Waals surface area contributed by atoms with Gasteiger partial charge in [-0.25, -0.2) is 4.79 Å². The highest BCUT2D eigenvalue weighted by molar-refractivity contribution is 6.16. The summed E-state index contributed by atoms with van der Waals surface area (Å²) in [6.45, 7) is 11.8. The quantitative estimate of drug-likeness (QED) is 0.395. The molecule has 0 amide bonds. The zero-order valence-electron chi connectivity index (χ0n) is 22.4. The van der Waals surface area contributed by atoms with Crippen LogP contribution in [0.5, 0.6) is 0 Å². The van der Waals surface area contributed by atoms with E-state index in [2.05, 4.69) is 34.6 Å². The van der Waals surface area contributed by atoms with Crippen molar-refractivity contribution in [1.82, 2.24) is 4.57 Å². The predicted molar refractivity (Wildman–Crippen MR) is 143 cm³/mol. The van der Waals surface area contributed by atoms with Crippen LogP contribution < -0.4 is 5.43 Å². The minimum absolute atomic E-state index is 0.0212. The molecule has 2 aliphatic rings. The highest BCUT2D eigenvalue weighted by atomic mass is 16.5. The molecule has 1 aromatic heterocycles. The largest absolute Gasteiger partial charge is 0.491 e. The zero-order valence-corrected chi connectivity index (χ0v) is 22.4. The first-order valence-electron chi connectivity index (χ1n) is 12.9. The van der Waals surface area contributed by atoms with Crippen LogP contribution >= 0.6 is 0 Å². The van der Waals surface area contributed by atoms with Crippen LogP contribution in [-0.2, 0) is 9.47 Å². The van der Waals surface area contributed by atoms with Crippen molar-refractivity contribution >= 4 is 17.3 Å². The standard InChI is InChI=1S/C29H40N2O5/c1-7-18(2)25(20-10-8-11-24(26(20)30)36-15-9-14-35-6)22-16-23(32)21(28(33)34)17-31(22)27-19(3)12-13-29(27,4)5/h8,10-11,16-19,27,30H,7,9,12-15H2,1-6H3,(H,33,34)/b25-20+,30-26?. The Balaban J connectivity index is 2.23. The summed E-state index contributed by atoms with van der Waals surface area (Å²) in [6.07, 6.45) is 10.6. The van der Waals surface area contributed by atoms with E-state index < -0.39 is 11.4 Å². The molecule has 2 N–H and O–H groups in total. The Bertz CT molecular complexity index is 1150. The molecule has 3 unspecified atom stereocenters. The van der Waals surface area contributed by atoms with E-state index in [-0.39, 0.29) is 28.6 Å². The highest BCUT2D eigenvalue weighted by Gasteiger charge is 2.42. The number of hydrogen-bond acceptors (Lipinski definition) is 5. The van der Waals surface area contributed by atoms with Crippen molar-refractivity contribution in [3.63, 3.8) is 0 Å². The molecule has 3 rings (SSSR count). The fourth-order valence-corrected chi connectivity index (χ4v) is 5.60. The number of carboxylic acids is 1. The van der Waals surface area contributed by atoms with E-state index in [1.807, 2.05) is 16.7 Å². The Morgan fingerprint density at radius 3 is 2.64 bits per heavy atom. The number of ether oxygens (including phenoxy) is 2. The maximum atomic E-state index is 13.0. The number of hydrogen-bond donors (Lipinski definition) is 2. The second-order valence-electron chi connectivity index (χ2n) is 10.7. The summed E-state index contributed by atoms with van der Waals surface area (Å²) in [5.41, 5.74) is 1.72. The molecule has 3 atom stereocenters. The number of rotatable bonds is 10. The van der Waals surface area contributed by atoms with Gasteiger partial charge in [-0.05, 0) is 48.2 Å². The minimum atomic E-state index is -1.22. The van der Waals surface area contributed by atoms with Gasteiger partial charge in [0.15, 0.2) is 5.43 Å². The number of aromatic carboxylic acids is 1. The minimum Gasteiger partial charge on any atom is -0.491 e. The molecule has 196 valence electrons. The van der Waals surface area contributed by atoms with Gasteiger partial charge in [-0.15, -0.1) is 0 Å². The van der Waals surface area contributed by atoms with Crippen molar-refractivity contribution in [2.45, 2.75) is 66.3 Å². The molecular formula is C29H40N2O5. The molecule has 7 heteroatoms. The maximum absolute atomic E-state index is 13.0. The van der Waals surface area contributed by atoms with Crippen LogP contribution in [0.4, 0.5) is 0 Å². The van der Waals surface area contributed by atoms with Gasteiger partial charge in [0.2, 0.25) is 0 Å². The Hall–Kier alpha value is -2.93. The number of aromatic nitrogens is 1. The smallest absolute Gasteiger partial charge is 0.341 e. The molecule has 0 aromatic carbocycles. The van der Waals surface area contributed by atoms with Crippen molar-refractivity contribution in [3.05, 3.63) is 63.3 Å². The Morgan fingerprint density at radius 1 is 1.33 bits per heavy atom. The first-order valence-corrected chi connectivity index (χ1v) is 12.9. The molecule has 1 saturated carbocycles. The first-order chi connectivity index (χ1) is 17.0. The molecule has 1 heterocycles. The summed E-state index contributed by atoms with van der Waals surface area (Å²) in [4.78, 5) is 24.9. The number of allylic oxidation sites excluding steroid dienone is 5. The van der Waals surface area contributed by atoms with E-state index in [0.717, 1.165) is 24.8 Å². The normalized spacial score (nSPS) is 23.4. The third-order valence-electron chi connectivity index (χ3n) is 7.64. The third-order valence-corrected chi connectivity index (χ3v) is 7.64. The number of carbonyl (C=O) groups is 1. The first kappa shape index (κ1) is 27.7. The fraction of sp³-hybridized carbons (Fsp3) is 0.552. The fourth-order valence-electron chi connectivity index (χ4n) is 5.60. The van der Waals surface area contributed by atoms with Gasteiger partial charge in [0, 0.05) is 49.7 Å². The molecular weight excluding hydrogens is 456 g/mol. The average Bonchev–Trinajstić information content (AvgIpc) is 3.10. The van der Waals surface area contributed by atoms with Gasteiger partial charge in [0.05, 0.1) is 6.61 Å². The summed E-state index contributed by atoms with van der Waals surface area (Å²) in [6, 6.07) is 1.49. The van der Waals surface area contributed by atoms with Crippen molar-refractivity contribution in [2.75, 3.05) is 20.3 Å². The van der Waals surface area contributed by atoms with Gasteiger partial charge in [-0.3, -0.25) is 10.2 Å². The molecule has 7 nitrogen and oxygen atoms in total. The van der Waals surface area contributed by atoms with Crippen LogP contribution in [0.3, 0.4) is 0 Å². The van der Waals surface area contributed by atoms with Crippen LogP contribution in [0.1, 0.15) is 82.4 Å². The zero-order chi connectivity index (χ0) is 26.6. The second-order valence-corrected chi connectivity index (χ2v) is 10.7. The molecule has 0 spiro atoms. The predicted octanol–water partition coefficient (Wildman–Crippen LogP) is 5.87. The molecule has 0 bridgehead atoms. The van der Waals surface area contributed by atoms with Crippen LogP contribution in [-0.4, -0.2) is 41.7 Å². The van der Waals surface area contributed by atoms with E-state index in [4.69, 9.17) is 14.9 Å². The number of nitrogens with one attached hydrogen (secondary N) is 1. The molecule has 1 aromatic rings. The van der Waals surface area contributed by atoms with Crippen molar-refractivity contribution < 1.29 is 19.4 Å². The van der Waals surface area contributed by atoms with Gasteiger partial charge in [0.1, 0.15) is 17.0 Å². The van der Waals surface area contributed by atoms with Crippen LogP contribution in [0.25, 0.3) is 5.57 Å². The average molecular weight is 497 g/mol. The molecule has 0 radical (unpaired) electrons. The third kappa shape index (κ3) is 5.56. The molecule has 1 fully saturated rings. The molecule has 2 aliphatic carbocycles. The SMILES string of the molecule is CCC(C)/C(=C1/C=CC=C(OCCCOC)C1=N)c1cc(=O)c(C(=O)O)cn1C1C(C)CCC1(C)C. The van der Waals surface area contributed by atoms with Crippen molar-refractivity contribution in [1.29, 1.82) is 5.41 Å². The second kappa shape index (κ2) is 11.4. The molecule has 36 heavy (non-hydrogen) atoms. The van der Waals surface area contributed by atoms with E-state index in [1.54, 1.807) is 13.2 Å². The lowest BCUT2D eigenvalue weighted by molar-refractivity contribution is 0.0693. The number of methoxy groups -OCH3 is 1. The lowest BCUT2D eigenvalue weighted by atomic mass is 9.82. The van der Waals surface area contributed by atoms with Gasteiger partial charge in [-0.2, -0.15) is 0 Å². The summed E-state index contributed by atoms with van der Waals surface area (Å²) in [5.74, 6) is -0.400. The number of nitrogens with zero attached hydrogens (tertiary/aromatic N) is 1. The van der Waals surface area contributed by atoms with Gasteiger partial charge >= 0.3 is 5.97 Å². The Morgan fingerprint density at radius 2 is 2.06 bits per heavy atom. The lowest BCUT2D eigenvalue weighted by Crippen LogP contribution is -2.31. The molecule has 0 saturated heterocycles. The highest BCUT2D eigenvalue weighted by Crippen LogP contribution is 2.50. The van der Waals surface area contributed by atoms with E-state index in [1.165, 1.54) is 12.3 Å². The summed E-state index contributed by atoms with van der Waals surface area (Å²) >= 11 is 0. The maximum Gasteiger partial charge on any atom is 0.341 e. The topological polar surface area (TPSA) is 102 Å².